The zero-order valence-corrected chi connectivity index (χ0v) is 21.6. The number of benzene rings is 1. The summed E-state index contributed by atoms with van der Waals surface area (Å²) in [5, 5.41) is 11.4. The molecular weight excluding hydrogens is 482 g/mol. The second-order valence-electron chi connectivity index (χ2n) is 9.54. The Bertz CT molecular complexity index is 1230. The number of amides is 1. The first-order valence-electron chi connectivity index (χ1n) is 12.3. The molecule has 2 N–H and O–H groups in total. The first kappa shape index (κ1) is 24.0. The number of rotatable bonds is 10. The third-order valence-corrected chi connectivity index (χ3v) is 8.20. The van der Waals surface area contributed by atoms with Gasteiger partial charge in [0, 0.05) is 28.1 Å². The van der Waals surface area contributed by atoms with Crippen molar-refractivity contribution >= 4 is 40.0 Å². The van der Waals surface area contributed by atoms with Crippen LogP contribution in [0.4, 0.5) is 0 Å². The fourth-order valence-corrected chi connectivity index (χ4v) is 6.11. The van der Waals surface area contributed by atoms with E-state index < -0.39 is 5.54 Å². The number of nitrogens with zero attached hydrogens (tertiary/aromatic N) is 3. The molecule has 5 rings (SSSR count). The summed E-state index contributed by atoms with van der Waals surface area (Å²) in [6.45, 7) is 4.87. The minimum absolute atomic E-state index is 0.221. The van der Waals surface area contributed by atoms with Gasteiger partial charge in [0.1, 0.15) is 17.1 Å². The van der Waals surface area contributed by atoms with Crippen LogP contribution in [0.1, 0.15) is 86.0 Å². The molecule has 0 radical (unpaired) electrons. The van der Waals surface area contributed by atoms with Crippen molar-refractivity contribution < 1.29 is 9.53 Å². The van der Waals surface area contributed by atoms with Gasteiger partial charge in [0.15, 0.2) is 5.82 Å². The molecule has 1 saturated carbocycles. The van der Waals surface area contributed by atoms with Crippen LogP contribution in [0, 0.1) is 0 Å². The number of H-pyrrole nitrogens is 1. The minimum Gasteiger partial charge on any atom is -0.494 e. The van der Waals surface area contributed by atoms with Crippen LogP contribution in [0.15, 0.2) is 30.7 Å². The van der Waals surface area contributed by atoms with Crippen molar-refractivity contribution in [1.82, 2.24) is 25.5 Å². The number of thiazole rings is 1. The summed E-state index contributed by atoms with van der Waals surface area (Å²) >= 11 is 8.42. The first-order valence-corrected chi connectivity index (χ1v) is 13.5. The molecule has 1 amide bonds. The summed E-state index contributed by atoms with van der Waals surface area (Å²) < 4.78 is 5.91. The smallest absolute Gasteiger partial charge is 0.256 e. The molecule has 35 heavy (non-hydrogen) atoms. The molecule has 0 saturated heterocycles. The number of ether oxygens (including phenoxy) is 1. The van der Waals surface area contributed by atoms with Crippen LogP contribution in [-0.2, 0) is 10.3 Å². The van der Waals surface area contributed by atoms with E-state index >= 15 is 0 Å². The minimum atomic E-state index is -0.710. The Morgan fingerprint density at radius 1 is 1.23 bits per heavy atom. The van der Waals surface area contributed by atoms with Crippen molar-refractivity contribution in [2.45, 2.75) is 70.3 Å². The summed E-state index contributed by atoms with van der Waals surface area (Å²) in [5.74, 6) is 1.57. The van der Waals surface area contributed by atoms with E-state index in [9.17, 15) is 4.79 Å². The number of halogens is 1. The number of carbonyl (C=O) groups is 1. The molecule has 7 nitrogen and oxygen atoms in total. The highest BCUT2D eigenvalue weighted by Gasteiger charge is 2.41. The predicted molar refractivity (Wildman–Crippen MR) is 138 cm³/mol. The van der Waals surface area contributed by atoms with Gasteiger partial charge in [-0.2, -0.15) is 5.10 Å². The average molecular weight is 512 g/mol. The number of hydrogen-bond donors (Lipinski definition) is 2. The van der Waals surface area contributed by atoms with E-state index in [0.717, 1.165) is 34.7 Å². The molecule has 1 aliphatic carbocycles. The maximum absolute atomic E-state index is 13.5. The normalized spacial score (nSPS) is 20.3. The third kappa shape index (κ3) is 5.14. The van der Waals surface area contributed by atoms with Crippen LogP contribution in [0.25, 0.3) is 11.1 Å². The standard InChI is InChI=1S/C26H30ClN5O2S/c1-3-4-5-6-11-34-17-9-10-19(20(27)12-17)26(2)13-18(25-28-14-21(35-25)16-7-8-16)22(24(33)31-26)23-29-15-30-32-23/h9-10,12,14-16H,3-8,11,13H2,1-2H3,(H,31,33)(H,29,30,32). The molecule has 9 heteroatoms. The van der Waals surface area contributed by atoms with Gasteiger partial charge in [0.25, 0.3) is 5.91 Å². The number of nitrogens with one attached hydrogen (secondary N) is 2. The quantitative estimate of drug-likeness (QED) is 0.321. The molecule has 1 atom stereocenters. The summed E-state index contributed by atoms with van der Waals surface area (Å²) in [6, 6.07) is 5.74. The highest BCUT2D eigenvalue weighted by molar-refractivity contribution is 7.13. The maximum Gasteiger partial charge on any atom is 0.256 e. The molecule has 0 spiro atoms. The van der Waals surface area contributed by atoms with Crippen molar-refractivity contribution in [3.05, 3.63) is 57.0 Å². The second-order valence-corrected chi connectivity index (χ2v) is 11.0. The van der Waals surface area contributed by atoms with Crippen LogP contribution in [0.3, 0.4) is 0 Å². The fourth-order valence-electron chi connectivity index (χ4n) is 4.59. The van der Waals surface area contributed by atoms with Gasteiger partial charge in [0.05, 0.1) is 17.7 Å². The lowest BCUT2D eigenvalue weighted by molar-refractivity contribution is -0.117. The Labute approximate surface area is 214 Å². The topological polar surface area (TPSA) is 92.8 Å². The van der Waals surface area contributed by atoms with Crippen molar-refractivity contribution in [2.75, 3.05) is 6.61 Å². The lowest BCUT2D eigenvalue weighted by Crippen LogP contribution is -2.47. The highest BCUT2D eigenvalue weighted by atomic mass is 35.5. The molecule has 1 fully saturated rings. The maximum atomic E-state index is 13.5. The number of hydrogen-bond acceptors (Lipinski definition) is 6. The van der Waals surface area contributed by atoms with Crippen molar-refractivity contribution in [2.24, 2.45) is 0 Å². The summed E-state index contributed by atoms with van der Waals surface area (Å²) in [4.78, 5) is 23.7. The highest BCUT2D eigenvalue weighted by Crippen LogP contribution is 2.47. The molecule has 1 aromatic carbocycles. The van der Waals surface area contributed by atoms with Crippen molar-refractivity contribution in [3.8, 4) is 5.75 Å². The van der Waals surface area contributed by atoms with Gasteiger partial charge in [-0.25, -0.2) is 9.97 Å². The Hall–Kier alpha value is -2.71. The first-order chi connectivity index (χ1) is 17.0. The molecule has 1 unspecified atom stereocenters. The van der Waals surface area contributed by atoms with E-state index in [2.05, 4.69) is 27.4 Å². The van der Waals surface area contributed by atoms with Gasteiger partial charge in [-0.1, -0.05) is 43.9 Å². The van der Waals surface area contributed by atoms with Gasteiger partial charge in [0.2, 0.25) is 0 Å². The number of unbranched alkanes of at least 4 members (excludes halogenated alkanes) is 3. The molecule has 184 valence electrons. The second kappa shape index (κ2) is 10.1. The van der Waals surface area contributed by atoms with Gasteiger partial charge in [-0.15, -0.1) is 11.3 Å². The lowest BCUT2D eigenvalue weighted by Gasteiger charge is -2.37. The van der Waals surface area contributed by atoms with Gasteiger partial charge in [-0.3, -0.25) is 9.89 Å². The van der Waals surface area contributed by atoms with Crippen LogP contribution in [0.2, 0.25) is 5.02 Å². The van der Waals surface area contributed by atoms with Crippen LogP contribution >= 0.6 is 22.9 Å². The third-order valence-electron chi connectivity index (χ3n) is 6.66. The van der Waals surface area contributed by atoms with Crippen molar-refractivity contribution in [1.29, 1.82) is 0 Å². The zero-order chi connectivity index (χ0) is 24.4. The Balaban J connectivity index is 1.44. The van der Waals surface area contributed by atoms with E-state index in [1.807, 2.05) is 31.3 Å². The molecule has 2 aliphatic rings. The Morgan fingerprint density at radius 3 is 2.80 bits per heavy atom. The molecule has 1 aliphatic heterocycles. The monoisotopic (exact) mass is 511 g/mol. The molecule has 0 bridgehead atoms. The molecule has 2 aromatic heterocycles. The largest absolute Gasteiger partial charge is 0.494 e. The Kier molecular flexibility index (Phi) is 6.93. The van der Waals surface area contributed by atoms with Gasteiger partial charge >= 0.3 is 0 Å². The fraction of sp³-hybridized carbons (Fsp3) is 0.462. The zero-order valence-electron chi connectivity index (χ0n) is 20.1. The molecule has 3 heterocycles. The molecule has 3 aromatic rings. The van der Waals surface area contributed by atoms with Crippen LogP contribution in [-0.4, -0.2) is 32.7 Å². The summed E-state index contributed by atoms with van der Waals surface area (Å²) in [6.07, 6.45) is 10.9. The van der Waals surface area contributed by atoms with Crippen molar-refractivity contribution in [3.63, 3.8) is 0 Å². The average Bonchev–Trinajstić information content (AvgIpc) is 3.32. The summed E-state index contributed by atoms with van der Waals surface area (Å²) in [7, 11) is 0. The van der Waals surface area contributed by atoms with Crippen LogP contribution < -0.4 is 10.1 Å². The molecular formula is C26H30ClN5O2S. The van der Waals surface area contributed by atoms with Gasteiger partial charge < -0.3 is 10.1 Å². The SMILES string of the molecule is CCCCCCOc1ccc(C2(C)CC(c3ncc(C4CC4)s3)=C(c3ncn[nH]3)C(=O)N2)c(Cl)c1. The number of aromatic amines is 1. The predicted octanol–water partition coefficient (Wildman–Crippen LogP) is 6.10. The van der Waals surface area contributed by atoms with E-state index in [1.54, 1.807) is 11.3 Å². The van der Waals surface area contributed by atoms with Crippen LogP contribution in [0.5, 0.6) is 5.75 Å². The van der Waals surface area contributed by atoms with E-state index in [4.69, 9.17) is 21.3 Å². The van der Waals surface area contributed by atoms with E-state index in [-0.39, 0.29) is 5.91 Å². The Morgan fingerprint density at radius 2 is 2.09 bits per heavy atom. The number of carbonyl (C=O) groups excluding carboxylic acids is 1. The lowest BCUT2D eigenvalue weighted by atomic mass is 9.80. The van der Waals surface area contributed by atoms with E-state index in [0.29, 0.717) is 35.4 Å². The van der Waals surface area contributed by atoms with Gasteiger partial charge in [-0.05, 0) is 49.8 Å². The van der Waals surface area contributed by atoms with E-state index in [1.165, 1.54) is 36.9 Å². The number of aromatic nitrogens is 4. The summed E-state index contributed by atoms with van der Waals surface area (Å²) in [5.41, 5.74) is 1.48.